The lowest BCUT2D eigenvalue weighted by molar-refractivity contribution is -0.153. The van der Waals surface area contributed by atoms with Crippen molar-refractivity contribution >= 4 is 20.4 Å². The van der Waals surface area contributed by atoms with E-state index < -0.39 is 26.4 Å². The first kappa shape index (κ1) is 27.2. The topological polar surface area (TPSA) is 73.9 Å². The SMILES string of the molecule is CC(C)C[C@H](NC(=O)OCc1ccccc1)C(=O)OCO[Si](C(C)C)(C(C)C)C(C)C. The Morgan fingerprint density at radius 3 is 1.90 bits per heavy atom. The second kappa shape index (κ2) is 12.9. The van der Waals surface area contributed by atoms with Crippen LogP contribution in [0, 0.1) is 5.92 Å². The lowest BCUT2D eigenvalue weighted by Gasteiger charge is -2.41. The number of rotatable bonds is 12. The lowest BCUT2D eigenvalue weighted by atomic mass is 10.0. The molecule has 1 amide bonds. The molecule has 1 aromatic rings. The van der Waals surface area contributed by atoms with Crippen molar-refractivity contribution in [1.82, 2.24) is 5.32 Å². The first-order valence-electron chi connectivity index (χ1n) is 11.3. The minimum atomic E-state index is -2.13. The lowest BCUT2D eigenvalue weighted by Crippen LogP contribution is -2.49. The Kier molecular flexibility index (Phi) is 11.3. The van der Waals surface area contributed by atoms with Gasteiger partial charge in [-0.1, -0.05) is 85.7 Å². The van der Waals surface area contributed by atoms with Crippen LogP contribution in [0.4, 0.5) is 4.79 Å². The molecule has 0 aliphatic rings. The Morgan fingerprint density at radius 1 is 0.871 bits per heavy atom. The zero-order chi connectivity index (χ0) is 23.6. The van der Waals surface area contributed by atoms with Crippen molar-refractivity contribution in [3.63, 3.8) is 0 Å². The molecule has 1 aromatic carbocycles. The van der Waals surface area contributed by atoms with Gasteiger partial charge in [-0.15, -0.1) is 0 Å². The molecule has 1 atom stereocenters. The molecule has 0 radical (unpaired) electrons. The number of ether oxygens (including phenoxy) is 2. The maximum Gasteiger partial charge on any atom is 0.408 e. The minimum Gasteiger partial charge on any atom is -0.445 e. The molecule has 1 rings (SSSR count). The van der Waals surface area contributed by atoms with Gasteiger partial charge in [0.15, 0.2) is 6.79 Å². The first-order chi connectivity index (χ1) is 14.5. The number of hydrogen-bond donors (Lipinski definition) is 1. The fraction of sp³-hybridized carbons (Fsp3) is 0.667. The van der Waals surface area contributed by atoms with E-state index in [1.807, 2.05) is 44.2 Å². The maximum absolute atomic E-state index is 12.7. The van der Waals surface area contributed by atoms with E-state index in [2.05, 4.69) is 46.9 Å². The molecule has 0 spiro atoms. The highest BCUT2D eigenvalue weighted by atomic mass is 28.4. The molecule has 1 N–H and O–H groups in total. The molecule has 176 valence electrons. The van der Waals surface area contributed by atoms with E-state index in [9.17, 15) is 9.59 Å². The summed E-state index contributed by atoms with van der Waals surface area (Å²) in [6.45, 7) is 17.1. The number of benzene rings is 1. The van der Waals surface area contributed by atoms with Crippen LogP contribution < -0.4 is 5.32 Å². The Morgan fingerprint density at radius 2 is 1.42 bits per heavy atom. The molecule has 0 aromatic heterocycles. The van der Waals surface area contributed by atoms with Gasteiger partial charge in [0.2, 0.25) is 8.32 Å². The van der Waals surface area contributed by atoms with Crippen LogP contribution in [0.3, 0.4) is 0 Å². The third-order valence-electron chi connectivity index (χ3n) is 5.71. The van der Waals surface area contributed by atoms with Crippen molar-refractivity contribution < 1.29 is 23.5 Å². The third-order valence-corrected chi connectivity index (χ3v) is 11.7. The Bertz CT molecular complexity index is 654. The van der Waals surface area contributed by atoms with Gasteiger partial charge in [-0.3, -0.25) is 0 Å². The van der Waals surface area contributed by atoms with Gasteiger partial charge < -0.3 is 19.2 Å². The van der Waals surface area contributed by atoms with Gasteiger partial charge in [-0.25, -0.2) is 9.59 Å². The predicted molar refractivity (Wildman–Crippen MR) is 126 cm³/mol. The average Bonchev–Trinajstić information content (AvgIpc) is 2.68. The summed E-state index contributed by atoms with van der Waals surface area (Å²) in [6.07, 6.45) is -0.178. The number of carbonyl (C=O) groups excluding carboxylic acids is 2. The summed E-state index contributed by atoms with van der Waals surface area (Å²) < 4.78 is 17.0. The molecule has 0 heterocycles. The summed E-state index contributed by atoms with van der Waals surface area (Å²) in [5, 5.41) is 2.65. The van der Waals surface area contributed by atoms with Crippen molar-refractivity contribution in [2.24, 2.45) is 5.92 Å². The number of nitrogens with one attached hydrogen (secondary N) is 1. The molecule has 0 bridgehead atoms. The smallest absolute Gasteiger partial charge is 0.408 e. The van der Waals surface area contributed by atoms with E-state index in [1.165, 1.54) is 0 Å². The van der Waals surface area contributed by atoms with Crippen molar-refractivity contribution in [1.29, 1.82) is 0 Å². The van der Waals surface area contributed by atoms with E-state index in [1.54, 1.807) is 0 Å². The van der Waals surface area contributed by atoms with Crippen LogP contribution in [0.2, 0.25) is 16.6 Å². The normalized spacial score (nSPS) is 13.0. The second-order valence-electron chi connectivity index (χ2n) is 9.43. The fourth-order valence-corrected chi connectivity index (χ4v) is 9.65. The highest BCUT2D eigenvalue weighted by molar-refractivity contribution is 6.77. The van der Waals surface area contributed by atoms with E-state index in [4.69, 9.17) is 13.9 Å². The molecule has 6 nitrogen and oxygen atoms in total. The number of hydrogen-bond acceptors (Lipinski definition) is 5. The molecule has 0 aliphatic heterocycles. The molecule has 7 heteroatoms. The van der Waals surface area contributed by atoms with Gasteiger partial charge in [-0.05, 0) is 34.5 Å². The van der Waals surface area contributed by atoms with E-state index >= 15 is 0 Å². The molecule has 0 fully saturated rings. The van der Waals surface area contributed by atoms with Crippen molar-refractivity contribution in [3.05, 3.63) is 35.9 Å². The van der Waals surface area contributed by atoms with E-state index in [-0.39, 0.29) is 19.3 Å². The van der Waals surface area contributed by atoms with Crippen LogP contribution in [0.25, 0.3) is 0 Å². The summed E-state index contributed by atoms with van der Waals surface area (Å²) >= 11 is 0. The van der Waals surface area contributed by atoms with Gasteiger partial charge in [0.05, 0.1) is 0 Å². The number of carbonyl (C=O) groups is 2. The molecular formula is C24H41NO5Si. The van der Waals surface area contributed by atoms with Gasteiger partial charge in [0, 0.05) is 0 Å². The fourth-order valence-electron chi connectivity index (χ4n) is 4.38. The monoisotopic (exact) mass is 451 g/mol. The van der Waals surface area contributed by atoms with Crippen molar-refractivity contribution in [3.8, 4) is 0 Å². The highest BCUT2D eigenvalue weighted by Gasteiger charge is 2.45. The summed E-state index contributed by atoms with van der Waals surface area (Å²) in [5.74, 6) is -0.298. The Hall–Kier alpha value is -1.86. The first-order valence-corrected chi connectivity index (χ1v) is 13.4. The number of amides is 1. The zero-order valence-electron chi connectivity index (χ0n) is 20.4. The Labute approximate surface area is 189 Å². The van der Waals surface area contributed by atoms with Crippen LogP contribution in [0.15, 0.2) is 30.3 Å². The van der Waals surface area contributed by atoms with Crippen LogP contribution >= 0.6 is 0 Å². The van der Waals surface area contributed by atoms with E-state index in [0.29, 0.717) is 23.0 Å². The predicted octanol–water partition coefficient (Wildman–Crippen LogP) is 6.02. The summed E-state index contributed by atoms with van der Waals surface area (Å²) in [7, 11) is -2.13. The maximum atomic E-state index is 12.7. The van der Waals surface area contributed by atoms with Crippen LogP contribution in [0.1, 0.15) is 67.4 Å². The summed E-state index contributed by atoms with van der Waals surface area (Å²) in [6, 6.07) is 8.63. The standard InChI is InChI=1S/C24H41NO5Si/c1-17(2)14-22(25-24(27)28-15-21-12-10-9-11-13-21)23(26)29-16-30-31(18(3)4,19(5)6)20(7)8/h9-13,17-20,22H,14-16H2,1-8H3,(H,25,27)/t22-/m0/s1. The molecule has 31 heavy (non-hydrogen) atoms. The molecule has 0 aliphatic carbocycles. The van der Waals surface area contributed by atoms with Gasteiger partial charge in [0.25, 0.3) is 0 Å². The van der Waals surface area contributed by atoms with Gasteiger partial charge in [0.1, 0.15) is 12.6 Å². The largest absolute Gasteiger partial charge is 0.445 e. The molecular weight excluding hydrogens is 410 g/mol. The average molecular weight is 452 g/mol. The summed E-state index contributed by atoms with van der Waals surface area (Å²) in [4.78, 5) is 25.0. The molecule has 0 unspecified atom stereocenters. The second-order valence-corrected chi connectivity index (χ2v) is 14.9. The van der Waals surface area contributed by atoms with Gasteiger partial charge in [-0.2, -0.15) is 0 Å². The number of esters is 1. The summed E-state index contributed by atoms with van der Waals surface area (Å²) in [5.41, 5.74) is 2.06. The molecule has 0 saturated carbocycles. The highest BCUT2D eigenvalue weighted by Crippen LogP contribution is 2.42. The van der Waals surface area contributed by atoms with Crippen LogP contribution in [-0.4, -0.2) is 33.2 Å². The van der Waals surface area contributed by atoms with Crippen LogP contribution in [-0.2, 0) is 25.3 Å². The van der Waals surface area contributed by atoms with Crippen LogP contribution in [0.5, 0.6) is 0 Å². The third kappa shape index (κ3) is 8.30. The quantitative estimate of drug-likeness (QED) is 0.239. The van der Waals surface area contributed by atoms with Crippen molar-refractivity contribution in [2.45, 2.75) is 91.1 Å². The molecule has 0 saturated heterocycles. The number of alkyl carbamates (subject to hydrolysis) is 1. The van der Waals surface area contributed by atoms with E-state index in [0.717, 1.165) is 5.56 Å². The Balaban J connectivity index is 2.69. The van der Waals surface area contributed by atoms with Crippen molar-refractivity contribution in [2.75, 3.05) is 6.79 Å². The minimum absolute atomic E-state index is 0.0884. The zero-order valence-corrected chi connectivity index (χ0v) is 21.4. The van der Waals surface area contributed by atoms with Gasteiger partial charge >= 0.3 is 12.1 Å².